The second-order valence-electron chi connectivity index (χ2n) is 7.18. The summed E-state index contributed by atoms with van der Waals surface area (Å²) in [6.45, 7) is 4.97. The maximum atomic E-state index is 11.2. The highest BCUT2D eigenvalue weighted by Gasteiger charge is 2.21. The quantitative estimate of drug-likeness (QED) is 0.337. The van der Waals surface area contributed by atoms with Gasteiger partial charge in [0.25, 0.3) is 0 Å². The fourth-order valence-corrected chi connectivity index (χ4v) is 3.36. The molecule has 2 aromatic rings. The number of hydrazone groups is 1. The number of methoxy groups -OCH3 is 1. The number of nitro groups is 1. The molecule has 0 spiro atoms. The molecule has 33 heavy (non-hydrogen) atoms. The average Bonchev–Trinajstić information content (AvgIpc) is 2.85. The molecule has 14 nitrogen and oxygen atoms in total. The molecular formula is C19H24N8O6. The second kappa shape index (κ2) is 10.2. The summed E-state index contributed by atoms with van der Waals surface area (Å²) in [6, 6.07) is 2.62. The number of benzene rings is 1. The Labute approximate surface area is 189 Å². The van der Waals surface area contributed by atoms with E-state index in [4.69, 9.17) is 14.2 Å². The van der Waals surface area contributed by atoms with Gasteiger partial charge in [0.15, 0.2) is 5.75 Å². The van der Waals surface area contributed by atoms with Gasteiger partial charge in [-0.05, 0) is 6.07 Å². The summed E-state index contributed by atoms with van der Waals surface area (Å²) in [5.74, 6) is 0.666. The number of hydrogen-bond donors (Lipinski definition) is 2. The number of aromatic hydroxyl groups is 1. The van der Waals surface area contributed by atoms with Crippen molar-refractivity contribution in [2.45, 2.75) is 0 Å². The fraction of sp³-hybridized carbons (Fsp3) is 0.474. The molecule has 0 bridgehead atoms. The van der Waals surface area contributed by atoms with Crippen molar-refractivity contribution < 1.29 is 24.2 Å². The van der Waals surface area contributed by atoms with Crippen LogP contribution in [0.5, 0.6) is 11.5 Å². The van der Waals surface area contributed by atoms with Gasteiger partial charge in [-0.25, -0.2) is 5.43 Å². The van der Waals surface area contributed by atoms with Gasteiger partial charge >= 0.3 is 5.69 Å². The molecule has 14 heteroatoms. The Hall–Kier alpha value is -3.78. The second-order valence-corrected chi connectivity index (χ2v) is 7.18. The number of nitro benzene ring substituents is 1. The highest BCUT2D eigenvalue weighted by Crippen LogP contribution is 2.36. The first-order chi connectivity index (χ1) is 16.0. The molecule has 3 heterocycles. The molecule has 1 aromatic carbocycles. The third kappa shape index (κ3) is 5.35. The predicted molar refractivity (Wildman–Crippen MR) is 118 cm³/mol. The van der Waals surface area contributed by atoms with E-state index in [1.54, 1.807) is 0 Å². The first kappa shape index (κ1) is 22.4. The van der Waals surface area contributed by atoms with Crippen LogP contribution in [0.3, 0.4) is 0 Å². The monoisotopic (exact) mass is 460 g/mol. The van der Waals surface area contributed by atoms with E-state index < -0.39 is 16.4 Å². The van der Waals surface area contributed by atoms with Crippen LogP contribution < -0.4 is 20.0 Å². The number of anilines is 3. The van der Waals surface area contributed by atoms with E-state index in [0.717, 1.165) is 0 Å². The van der Waals surface area contributed by atoms with E-state index >= 15 is 0 Å². The van der Waals surface area contributed by atoms with Crippen molar-refractivity contribution in [2.24, 2.45) is 5.10 Å². The Balaban J connectivity index is 1.58. The van der Waals surface area contributed by atoms with Gasteiger partial charge in [0.2, 0.25) is 23.6 Å². The van der Waals surface area contributed by atoms with Gasteiger partial charge in [-0.3, -0.25) is 10.1 Å². The van der Waals surface area contributed by atoms with E-state index in [-0.39, 0.29) is 11.7 Å². The standard InChI is InChI=1S/C19H24N8O6/c1-31-15-11-13(10-14(16(15)28)27(29)30)12-20-24-17-21-18(25-2-6-32-7-3-25)23-19(22-17)26-4-8-33-9-5-26/h10-12,28H,2-9H2,1H3,(H,21,22,23,24)/b20-12-. The highest BCUT2D eigenvalue weighted by atomic mass is 16.6. The average molecular weight is 460 g/mol. The van der Waals surface area contributed by atoms with Crippen molar-refractivity contribution in [3.8, 4) is 11.5 Å². The molecule has 0 unspecified atom stereocenters. The van der Waals surface area contributed by atoms with E-state index in [2.05, 4.69) is 25.5 Å². The van der Waals surface area contributed by atoms with Gasteiger partial charge in [-0.2, -0.15) is 20.1 Å². The molecule has 176 valence electrons. The lowest BCUT2D eigenvalue weighted by Gasteiger charge is -2.30. The van der Waals surface area contributed by atoms with Crippen LogP contribution >= 0.6 is 0 Å². The Morgan fingerprint density at radius 2 is 1.67 bits per heavy atom. The lowest BCUT2D eigenvalue weighted by molar-refractivity contribution is -0.386. The first-order valence-corrected chi connectivity index (χ1v) is 10.3. The van der Waals surface area contributed by atoms with Crippen molar-refractivity contribution in [1.82, 2.24) is 15.0 Å². The summed E-state index contributed by atoms with van der Waals surface area (Å²) >= 11 is 0. The summed E-state index contributed by atoms with van der Waals surface area (Å²) in [5.41, 5.74) is 2.63. The smallest absolute Gasteiger partial charge is 0.315 e. The highest BCUT2D eigenvalue weighted by molar-refractivity contribution is 5.83. The maximum Gasteiger partial charge on any atom is 0.315 e. The molecule has 0 radical (unpaired) electrons. The molecule has 4 rings (SSSR count). The van der Waals surface area contributed by atoms with Crippen LogP contribution in [0.1, 0.15) is 5.56 Å². The largest absolute Gasteiger partial charge is 0.500 e. The Bertz CT molecular complexity index is 987. The fourth-order valence-electron chi connectivity index (χ4n) is 3.36. The third-order valence-electron chi connectivity index (χ3n) is 5.07. The molecule has 2 aliphatic rings. The Morgan fingerprint density at radius 3 is 2.18 bits per heavy atom. The zero-order valence-corrected chi connectivity index (χ0v) is 18.0. The molecule has 2 saturated heterocycles. The molecule has 2 fully saturated rings. The summed E-state index contributed by atoms with van der Waals surface area (Å²) < 4.78 is 15.8. The number of phenolic OH excluding ortho intramolecular Hbond substituents is 1. The first-order valence-electron chi connectivity index (χ1n) is 10.3. The molecule has 0 aliphatic carbocycles. The summed E-state index contributed by atoms with van der Waals surface area (Å²) in [5, 5.41) is 25.2. The van der Waals surface area contributed by atoms with Crippen LogP contribution in [0.25, 0.3) is 0 Å². The van der Waals surface area contributed by atoms with Gasteiger partial charge in [-0.15, -0.1) is 0 Å². The van der Waals surface area contributed by atoms with Crippen molar-refractivity contribution in [3.05, 3.63) is 27.8 Å². The number of nitrogens with one attached hydrogen (secondary N) is 1. The third-order valence-corrected chi connectivity index (χ3v) is 5.07. The molecule has 0 atom stereocenters. The molecule has 2 N–H and O–H groups in total. The van der Waals surface area contributed by atoms with Gasteiger partial charge in [0.05, 0.1) is 44.7 Å². The van der Waals surface area contributed by atoms with E-state index in [0.29, 0.717) is 70.1 Å². The van der Waals surface area contributed by atoms with E-state index in [9.17, 15) is 15.2 Å². The summed E-state index contributed by atoms with van der Waals surface area (Å²) in [7, 11) is 1.31. The van der Waals surface area contributed by atoms with E-state index in [1.165, 1.54) is 25.5 Å². The van der Waals surface area contributed by atoms with Crippen molar-refractivity contribution in [1.29, 1.82) is 0 Å². The van der Waals surface area contributed by atoms with Crippen LogP contribution in [0.2, 0.25) is 0 Å². The number of hydrogen-bond acceptors (Lipinski definition) is 13. The Morgan fingerprint density at radius 1 is 1.09 bits per heavy atom. The topological polar surface area (TPSA) is 161 Å². The molecular weight excluding hydrogens is 436 g/mol. The Kier molecular flexibility index (Phi) is 6.95. The normalized spacial score (nSPS) is 16.8. The van der Waals surface area contributed by atoms with Crippen LogP contribution in [0, 0.1) is 10.1 Å². The minimum absolute atomic E-state index is 0.0324. The molecule has 2 aliphatic heterocycles. The number of aromatic nitrogens is 3. The lowest BCUT2D eigenvalue weighted by Crippen LogP contribution is -2.40. The van der Waals surface area contributed by atoms with Crippen molar-refractivity contribution in [2.75, 3.05) is 74.9 Å². The lowest BCUT2D eigenvalue weighted by atomic mass is 10.2. The maximum absolute atomic E-state index is 11.2. The number of ether oxygens (including phenoxy) is 3. The predicted octanol–water partition coefficient (Wildman–Crippen LogP) is 0.613. The van der Waals surface area contributed by atoms with E-state index in [1.807, 2.05) is 9.80 Å². The van der Waals surface area contributed by atoms with Crippen molar-refractivity contribution in [3.63, 3.8) is 0 Å². The van der Waals surface area contributed by atoms with Gasteiger partial charge in [-0.1, -0.05) is 0 Å². The van der Waals surface area contributed by atoms with Gasteiger partial charge < -0.3 is 29.1 Å². The van der Waals surface area contributed by atoms with Gasteiger partial charge in [0.1, 0.15) is 0 Å². The van der Waals surface area contributed by atoms with Crippen molar-refractivity contribution >= 4 is 29.7 Å². The molecule has 0 saturated carbocycles. The number of nitrogens with zero attached hydrogens (tertiary/aromatic N) is 7. The molecule has 0 amide bonds. The van der Waals surface area contributed by atoms with Crippen LogP contribution in [0.15, 0.2) is 17.2 Å². The number of morpholine rings is 2. The minimum Gasteiger partial charge on any atom is -0.500 e. The SMILES string of the molecule is COc1cc(/C=N\Nc2nc(N3CCOCC3)nc(N3CCOCC3)n2)cc([N+](=O)[O-])c1O. The zero-order valence-electron chi connectivity index (χ0n) is 18.0. The van der Waals surface area contributed by atoms with Gasteiger partial charge in [0, 0.05) is 37.8 Å². The van der Waals surface area contributed by atoms with Crippen LogP contribution in [-0.2, 0) is 9.47 Å². The van der Waals surface area contributed by atoms with Crippen LogP contribution in [-0.4, -0.2) is 90.9 Å². The number of phenols is 1. The molecule has 1 aromatic heterocycles. The summed E-state index contributed by atoms with van der Waals surface area (Å²) in [4.78, 5) is 28.1. The summed E-state index contributed by atoms with van der Waals surface area (Å²) in [6.07, 6.45) is 1.35. The zero-order chi connectivity index (χ0) is 23.2. The number of rotatable bonds is 7. The minimum atomic E-state index is -0.697. The van der Waals surface area contributed by atoms with Crippen LogP contribution in [0.4, 0.5) is 23.5 Å².